The van der Waals surface area contributed by atoms with Crippen molar-refractivity contribution in [3.8, 4) is 0 Å². The monoisotopic (exact) mass is 252 g/mol. The predicted molar refractivity (Wildman–Crippen MR) is 63.0 cm³/mol. The van der Waals surface area contributed by atoms with Gasteiger partial charge >= 0.3 is 6.18 Å². The molecule has 102 valence electrons. The van der Waals surface area contributed by atoms with Crippen molar-refractivity contribution < 1.29 is 13.2 Å². The second-order valence-corrected chi connectivity index (χ2v) is 5.31. The molecule has 0 bridgehead atoms. The van der Waals surface area contributed by atoms with Crippen LogP contribution in [-0.2, 0) is 0 Å². The molecule has 17 heavy (non-hydrogen) atoms. The van der Waals surface area contributed by atoms with Crippen LogP contribution in [0.1, 0.15) is 40.0 Å². The Morgan fingerprint density at radius 1 is 1.41 bits per heavy atom. The summed E-state index contributed by atoms with van der Waals surface area (Å²) in [5.41, 5.74) is -0.0592. The Labute approximate surface area is 102 Å². The molecule has 5 heteroatoms. The summed E-state index contributed by atoms with van der Waals surface area (Å²) >= 11 is 0. The largest absolute Gasteiger partial charge is 0.390 e. The molecule has 1 heterocycles. The van der Waals surface area contributed by atoms with Crippen LogP contribution in [0.4, 0.5) is 13.2 Å². The van der Waals surface area contributed by atoms with Crippen molar-refractivity contribution in [2.75, 3.05) is 19.6 Å². The first kappa shape index (κ1) is 14.8. The van der Waals surface area contributed by atoms with Gasteiger partial charge in [0.2, 0.25) is 0 Å². The average Bonchev–Trinajstić information content (AvgIpc) is 2.36. The minimum absolute atomic E-state index is 0.0592. The van der Waals surface area contributed by atoms with Crippen LogP contribution in [0.3, 0.4) is 0 Å². The Bertz CT molecular complexity index is 242. The second kappa shape index (κ2) is 5.57. The lowest BCUT2D eigenvalue weighted by Crippen LogP contribution is -2.50. The summed E-state index contributed by atoms with van der Waals surface area (Å²) in [5, 5.41) is 3.44. The molecule has 0 radical (unpaired) electrons. The van der Waals surface area contributed by atoms with Gasteiger partial charge in [-0.1, -0.05) is 6.92 Å². The zero-order valence-corrected chi connectivity index (χ0v) is 10.9. The zero-order valence-electron chi connectivity index (χ0n) is 10.9. The zero-order chi connectivity index (χ0) is 13.1. The van der Waals surface area contributed by atoms with Crippen molar-refractivity contribution in [2.24, 2.45) is 0 Å². The van der Waals surface area contributed by atoms with Gasteiger partial charge in [-0.3, -0.25) is 4.90 Å². The Morgan fingerprint density at radius 3 is 2.59 bits per heavy atom. The fraction of sp³-hybridized carbons (Fsp3) is 1.00. The number of hydrogen-bond acceptors (Lipinski definition) is 2. The molecular weight excluding hydrogens is 229 g/mol. The Morgan fingerprint density at radius 2 is 2.06 bits per heavy atom. The number of halogens is 3. The summed E-state index contributed by atoms with van der Waals surface area (Å²) in [4.78, 5) is 1.97. The van der Waals surface area contributed by atoms with Crippen LogP contribution < -0.4 is 5.32 Å². The van der Waals surface area contributed by atoms with Gasteiger partial charge in [-0.2, -0.15) is 13.2 Å². The maximum atomic E-state index is 12.3. The van der Waals surface area contributed by atoms with Gasteiger partial charge in [0.15, 0.2) is 0 Å². The van der Waals surface area contributed by atoms with Crippen molar-refractivity contribution in [1.29, 1.82) is 0 Å². The summed E-state index contributed by atoms with van der Waals surface area (Å²) in [5.74, 6) is 0. The second-order valence-electron chi connectivity index (χ2n) is 5.31. The third-order valence-corrected chi connectivity index (χ3v) is 3.75. The van der Waals surface area contributed by atoms with E-state index >= 15 is 0 Å². The molecule has 2 atom stereocenters. The molecule has 0 saturated carbocycles. The van der Waals surface area contributed by atoms with E-state index in [1.165, 1.54) is 0 Å². The lowest BCUT2D eigenvalue weighted by atomic mass is 9.98. The highest BCUT2D eigenvalue weighted by atomic mass is 19.4. The summed E-state index contributed by atoms with van der Waals surface area (Å²) in [7, 11) is 0. The third kappa shape index (κ3) is 4.84. The van der Waals surface area contributed by atoms with Gasteiger partial charge in [0.05, 0.1) is 6.42 Å². The molecule has 1 N–H and O–H groups in total. The number of rotatable bonds is 3. The van der Waals surface area contributed by atoms with Crippen LogP contribution in [0.15, 0.2) is 0 Å². The van der Waals surface area contributed by atoms with E-state index in [2.05, 4.69) is 19.2 Å². The molecule has 2 nitrogen and oxygen atoms in total. The average molecular weight is 252 g/mol. The maximum absolute atomic E-state index is 12.3. The van der Waals surface area contributed by atoms with E-state index in [1.54, 1.807) is 0 Å². The van der Waals surface area contributed by atoms with Gasteiger partial charge in [0.25, 0.3) is 0 Å². The molecule has 1 fully saturated rings. The molecule has 1 aliphatic rings. The van der Waals surface area contributed by atoms with Crippen LogP contribution in [0.25, 0.3) is 0 Å². The van der Waals surface area contributed by atoms with E-state index in [-0.39, 0.29) is 18.1 Å². The van der Waals surface area contributed by atoms with Crippen LogP contribution >= 0.6 is 0 Å². The van der Waals surface area contributed by atoms with Gasteiger partial charge in [0, 0.05) is 24.7 Å². The highest BCUT2D eigenvalue weighted by Crippen LogP contribution is 2.24. The predicted octanol–water partition coefficient (Wildman–Crippen LogP) is 2.79. The van der Waals surface area contributed by atoms with Crippen LogP contribution in [0, 0.1) is 0 Å². The fourth-order valence-corrected chi connectivity index (χ4v) is 2.23. The number of nitrogens with zero attached hydrogens (tertiary/aromatic N) is 1. The lowest BCUT2D eigenvalue weighted by molar-refractivity contribution is -0.139. The van der Waals surface area contributed by atoms with Gasteiger partial charge in [-0.15, -0.1) is 0 Å². The van der Waals surface area contributed by atoms with Gasteiger partial charge in [-0.25, -0.2) is 0 Å². The summed E-state index contributed by atoms with van der Waals surface area (Å²) in [6.07, 6.45) is -2.92. The molecule has 0 spiro atoms. The molecule has 0 aromatic carbocycles. The minimum Gasteiger partial charge on any atom is -0.310 e. The standard InChI is InChI=1S/C12H23F3N2/c1-4-11(3)9-17(8-6-12(13,14)15)10(2)5-7-16-11/h10,16H,4-9H2,1-3H3. The van der Waals surface area contributed by atoms with Crippen molar-refractivity contribution in [3.05, 3.63) is 0 Å². The molecule has 0 aliphatic carbocycles. The number of alkyl halides is 3. The molecule has 2 unspecified atom stereocenters. The first-order chi connectivity index (χ1) is 7.76. The number of nitrogens with one attached hydrogen (secondary N) is 1. The van der Waals surface area contributed by atoms with Gasteiger partial charge < -0.3 is 5.32 Å². The third-order valence-electron chi connectivity index (χ3n) is 3.75. The minimum atomic E-state index is -4.05. The fourth-order valence-electron chi connectivity index (χ4n) is 2.23. The summed E-state index contributed by atoms with van der Waals surface area (Å²) in [6.45, 7) is 7.87. The van der Waals surface area contributed by atoms with Crippen molar-refractivity contribution >= 4 is 0 Å². The van der Waals surface area contributed by atoms with E-state index in [1.807, 2.05) is 11.8 Å². The molecular formula is C12H23F3N2. The first-order valence-corrected chi connectivity index (χ1v) is 6.31. The van der Waals surface area contributed by atoms with Crippen LogP contribution in [0.5, 0.6) is 0 Å². The van der Waals surface area contributed by atoms with Gasteiger partial charge in [-0.05, 0) is 33.2 Å². The van der Waals surface area contributed by atoms with Crippen molar-refractivity contribution in [1.82, 2.24) is 10.2 Å². The Kier molecular flexibility index (Phi) is 4.84. The lowest BCUT2D eigenvalue weighted by Gasteiger charge is -2.35. The van der Waals surface area contributed by atoms with Crippen LogP contribution in [0.2, 0.25) is 0 Å². The van der Waals surface area contributed by atoms with E-state index in [9.17, 15) is 13.2 Å². The molecule has 1 rings (SSSR count). The van der Waals surface area contributed by atoms with Crippen molar-refractivity contribution in [2.45, 2.75) is 57.8 Å². The first-order valence-electron chi connectivity index (χ1n) is 6.31. The van der Waals surface area contributed by atoms with E-state index in [4.69, 9.17) is 0 Å². The maximum Gasteiger partial charge on any atom is 0.390 e. The molecule has 1 aliphatic heterocycles. The topological polar surface area (TPSA) is 15.3 Å². The van der Waals surface area contributed by atoms with E-state index in [0.717, 1.165) is 19.4 Å². The highest BCUT2D eigenvalue weighted by Gasteiger charge is 2.33. The highest BCUT2D eigenvalue weighted by molar-refractivity contribution is 4.90. The van der Waals surface area contributed by atoms with E-state index < -0.39 is 12.6 Å². The Balaban J connectivity index is 2.60. The van der Waals surface area contributed by atoms with Crippen LogP contribution in [-0.4, -0.2) is 42.3 Å². The molecule has 0 amide bonds. The van der Waals surface area contributed by atoms with Crippen molar-refractivity contribution in [3.63, 3.8) is 0 Å². The van der Waals surface area contributed by atoms with Gasteiger partial charge in [0.1, 0.15) is 0 Å². The smallest absolute Gasteiger partial charge is 0.310 e. The molecule has 1 saturated heterocycles. The summed E-state index contributed by atoms with van der Waals surface area (Å²) in [6, 6.07) is 0.221. The quantitative estimate of drug-likeness (QED) is 0.831. The SMILES string of the molecule is CCC1(C)CN(CCC(F)(F)F)C(C)CCN1. The van der Waals surface area contributed by atoms with E-state index in [0.29, 0.717) is 6.54 Å². The summed E-state index contributed by atoms with van der Waals surface area (Å²) < 4.78 is 36.8. The molecule has 0 aromatic heterocycles. The normalized spacial score (nSPS) is 32.5. The number of hydrogen-bond donors (Lipinski definition) is 1. The Hall–Kier alpha value is -0.290. The molecule has 0 aromatic rings.